The fourth-order valence-electron chi connectivity index (χ4n) is 2.74. The van der Waals surface area contributed by atoms with Crippen molar-refractivity contribution in [1.29, 1.82) is 0 Å². The van der Waals surface area contributed by atoms with Crippen LogP contribution in [0, 0.1) is 5.92 Å². The van der Waals surface area contributed by atoms with Gasteiger partial charge in [0.05, 0.1) is 6.54 Å². The van der Waals surface area contributed by atoms with Crippen molar-refractivity contribution in [2.75, 3.05) is 11.9 Å². The Kier molecular flexibility index (Phi) is 5.40. The second-order valence-electron chi connectivity index (χ2n) is 5.42. The highest BCUT2D eigenvalue weighted by Crippen LogP contribution is 2.26. The van der Waals surface area contributed by atoms with Gasteiger partial charge in [0.15, 0.2) is 0 Å². The van der Waals surface area contributed by atoms with Crippen molar-refractivity contribution in [1.82, 2.24) is 5.32 Å². The number of anilines is 1. The first kappa shape index (κ1) is 14.1. The third kappa shape index (κ3) is 4.67. The minimum absolute atomic E-state index is 0.0452. The largest absolute Gasteiger partial charge is 0.325 e. The van der Waals surface area contributed by atoms with E-state index in [1.165, 1.54) is 32.1 Å². The summed E-state index contributed by atoms with van der Waals surface area (Å²) in [6, 6.07) is 10.1. The molecule has 1 aliphatic rings. The highest BCUT2D eigenvalue weighted by molar-refractivity contribution is 5.92. The summed E-state index contributed by atoms with van der Waals surface area (Å²) in [5, 5.41) is 6.27. The lowest BCUT2D eigenvalue weighted by atomic mass is 9.84. The smallest absolute Gasteiger partial charge is 0.238 e. The Morgan fingerprint density at radius 1 is 1.16 bits per heavy atom. The molecule has 3 nitrogen and oxygen atoms in total. The van der Waals surface area contributed by atoms with Crippen molar-refractivity contribution in [3.05, 3.63) is 30.3 Å². The molecule has 0 bridgehead atoms. The number of benzene rings is 1. The Hall–Kier alpha value is -1.35. The molecular formula is C16H24N2O. The summed E-state index contributed by atoms with van der Waals surface area (Å²) in [7, 11) is 0. The number of hydrogen-bond donors (Lipinski definition) is 2. The van der Waals surface area contributed by atoms with Crippen LogP contribution in [0.3, 0.4) is 0 Å². The first-order valence-electron chi connectivity index (χ1n) is 7.36. The zero-order chi connectivity index (χ0) is 13.5. The van der Waals surface area contributed by atoms with Gasteiger partial charge in [-0.1, -0.05) is 31.5 Å². The highest BCUT2D eigenvalue weighted by Gasteiger charge is 2.19. The van der Waals surface area contributed by atoms with Gasteiger partial charge >= 0.3 is 0 Å². The van der Waals surface area contributed by atoms with Crippen LogP contribution in [0.5, 0.6) is 0 Å². The Balaban J connectivity index is 1.67. The molecule has 0 aromatic heterocycles. The molecule has 0 saturated heterocycles. The molecular weight excluding hydrogens is 236 g/mol. The number of hydrogen-bond acceptors (Lipinski definition) is 2. The molecule has 104 valence electrons. The number of nitrogens with one attached hydrogen (secondary N) is 2. The fraction of sp³-hybridized carbons (Fsp3) is 0.562. The van der Waals surface area contributed by atoms with Crippen LogP contribution < -0.4 is 10.6 Å². The predicted molar refractivity (Wildman–Crippen MR) is 79.1 cm³/mol. The molecule has 1 aromatic rings. The third-order valence-electron chi connectivity index (χ3n) is 4.03. The van der Waals surface area contributed by atoms with E-state index in [-0.39, 0.29) is 5.91 Å². The number of carbonyl (C=O) groups excluding carboxylic acids is 1. The average Bonchev–Trinajstić information content (AvgIpc) is 2.47. The molecule has 3 heteroatoms. The highest BCUT2D eigenvalue weighted by atomic mass is 16.1. The zero-order valence-corrected chi connectivity index (χ0v) is 11.7. The van der Waals surface area contributed by atoms with E-state index >= 15 is 0 Å². The fourth-order valence-corrected chi connectivity index (χ4v) is 2.74. The lowest BCUT2D eigenvalue weighted by Crippen LogP contribution is -2.38. The van der Waals surface area contributed by atoms with Crippen molar-refractivity contribution < 1.29 is 4.79 Å². The minimum Gasteiger partial charge on any atom is -0.325 e. The van der Waals surface area contributed by atoms with Gasteiger partial charge in [-0.2, -0.15) is 0 Å². The van der Waals surface area contributed by atoms with Crippen LogP contribution in [-0.4, -0.2) is 18.5 Å². The standard InChI is InChI=1S/C16H24N2O/c1-2-13-8-10-14(11-9-13)17-12-16(19)18-15-6-4-3-5-7-15/h3-7,13-14,17H,2,8-12H2,1H3,(H,18,19). The zero-order valence-electron chi connectivity index (χ0n) is 11.7. The first-order chi connectivity index (χ1) is 9.28. The molecule has 1 aromatic carbocycles. The first-order valence-corrected chi connectivity index (χ1v) is 7.36. The van der Waals surface area contributed by atoms with Crippen LogP contribution in [-0.2, 0) is 4.79 Å². The van der Waals surface area contributed by atoms with E-state index < -0.39 is 0 Å². The number of carbonyl (C=O) groups is 1. The molecule has 19 heavy (non-hydrogen) atoms. The van der Waals surface area contributed by atoms with Gasteiger partial charge in [-0.15, -0.1) is 0 Å². The van der Waals surface area contributed by atoms with Gasteiger partial charge in [-0.25, -0.2) is 0 Å². The summed E-state index contributed by atoms with van der Waals surface area (Å²) in [5.74, 6) is 0.944. The van der Waals surface area contributed by atoms with Gasteiger partial charge in [0.2, 0.25) is 5.91 Å². The molecule has 2 rings (SSSR count). The molecule has 2 N–H and O–H groups in total. The topological polar surface area (TPSA) is 41.1 Å². The molecule has 0 atom stereocenters. The van der Waals surface area contributed by atoms with Crippen LogP contribution in [0.2, 0.25) is 0 Å². The van der Waals surface area contributed by atoms with E-state index in [4.69, 9.17) is 0 Å². The number of para-hydroxylation sites is 1. The lowest BCUT2D eigenvalue weighted by molar-refractivity contribution is -0.115. The normalized spacial score (nSPS) is 23.0. The Labute approximate surface area is 115 Å². The molecule has 1 aliphatic carbocycles. The number of amides is 1. The molecule has 0 spiro atoms. The Morgan fingerprint density at radius 3 is 2.47 bits per heavy atom. The summed E-state index contributed by atoms with van der Waals surface area (Å²) in [4.78, 5) is 11.8. The maximum absolute atomic E-state index is 11.8. The molecule has 1 amide bonds. The quantitative estimate of drug-likeness (QED) is 0.853. The molecule has 0 radical (unpaired) electrons. The maximum Gasteiger partial charge on any atom is 0.238 e. The van der Waals surface area contributed by atoms with Gasteiger partial charge in [-0.3, -0.25) is 4.79 Å². The van der Waals surface area contributed by atoms with Crippen LogP contribution in [0.15, 0.2) is 30.3 Å². The lowest BCUT2D eigenvalue weighted by Gasteiger charge is -2.28. The van der Waals surface area contributed by atoms with Gasteiger partial charge < -0.3 is 10.6 Å². The van der Waals surface area contributed by atoms with Crippen LogP contribution in [0.1, 0.15) is 39.0 Å². The second-order valence-corrected chi connectivity index (χ2v) is 5.42. The summed E-state index contributed by atoms with van der Waals surface area (Å²) in [5.41, 5.74) is 0.865. The molecule has 1 saturated carbocycles. The summed E-state index contributed by atoms with van der Waals surface area (Å²) < 4.78 is 0. The monoisotopic (exact) mass is 260 g/mol. The van der Waals surface area contributed by atoms with E-state index in [0.29, 0.717) is 12.6 Å². The SMILES string of the molecule is CCC1CCC(NCC(=O)Nc2ccccc2)CC1. The van der Waals surface area contributed by atoms with Crippen LogP contribution in [0.25, 0.3) is 0 Å². The second kappa shape index (κ2) is 7.29. The van der Waals surface area contributed by atoms with E-state index in [0.717, 1.165) is 11.6 Å². The van der Waals surface area contributed by atoms with E-state index in [9.17, 15) is 4.79 Å². The van der Waals surface area contributed by atoms with Crippen molar-refractivity contribution >= 4 is 11.6 Å². The van der Waals surface area contributed by atoms with Crippen molar-refractivity contribution in [2.24, 2.45) is 5.92 Å². The molecule has 0 unspecified atom stereocenters. The molecule has 0 heterocycles. The summed E-state index contributed by atoms with van der Waals surface area (Å²) >= 11 is 0. The van der Waals surface area contributed by atoms with E-state index in [2.05, 4.69) is 17.6 Å². The minimum atomic E-state index is 0.0452. The van der Waals surface area contributed by atoms with Crippen molar-refractivity contribution in [3.8, 4) is 0 Å². The molecule has 1 fully saturated rings. The average molecular weight is 260 g/mol. The van der Waals surface area contributed by atoms with Gasteiger partial charge in [-0.05, 0) is 43.7 Å². The van der Waals surface area contributed by atoms with Gasteiger partial charge in [0.25, 0.3) is 0 Å². The van der Waals surface area contributed by atoms with Crippen LogP contribution in [0.4, 0.5) is 5.69 Å². The Morgan fingerprint density at radius 2 is 1.84 bits per heavy atom. The van der Waals surface area contributed by atoms with Crippen molar-refractivity contribution in [2.45, 2.75) is 45.1 Å². The Bertz CT molecular complexity index is 383. The summed E-state index contributed by atoms with van der Waals surface area (Å²) in [6.45, 7) is 2.68. The van der Waals surface area contributed by atoms with Gasteiger partial charge in [0.1, 0.15) is 0 Å². The predicted octanol–water partition coefficient (Wildman–Crippen LogP) is 3.18. The molecule has 0 aliphatic heterocycles. The van der Waals surface area contributed by atoms with E-state index in [1.54, 1.807) is 0 Å². The van der Waals surface area contributed by atoms with Gasteiger partial charge in [0, 0.05) is 11.7 Å². The van der Waals surface area contributed by atoms with Crippen LogP contribution >= 0.6 is 0 Å². The number of rotatable bonds is 5. The van der Waals surface area contributed by atoms with Crippen molar-refractivity contribution in [3.63, 3.8) is 0 Å². The third-order valence-corrected chi connectivity index (χ3v) is 4.03. The van der Waals surface area contributed by atoms with E-state index in [1.807, 2.05) is 30.3 Å². The maximum atomic E-state index is 11.8. The summed E-state index contributed by atoms with van der Waals surface area (Å²) in [6.07, 6.45) is 6.30.